The average molecular weight is 293 g/mol. The topological polar surface area (TPSA) is 3.24 Å². The van der Waals surface area contributed by atoms with E-state index < -0.39 is 0 Å². The predicted octanol–water partition coefficient (Wildman–Crippen LogP) is 5.09. The first-order chi connectivity index (χ1) is 10.8. The summed E-state index contributed by atoms with van der Waals surface area (Å²) in [5.74, 6) is 0.870. The van der Waals surface area contributed by atoms with Gasteiger partial charge in [-0.05, 0) is 36.8 Å². The molecule has 0 radical (unpaired) electrons. The largest absolute Gasteiger partial charge is 0.293 e. The van der Waals surface area contributed by atoms with Gasteiger partial charge in [0.25, 0.3) is 0 Å². The van der Waals surface area contributed by atoms with Crippen molar-refractivity contribution in [1.82, 2.24) is 4.90 Å². The first kappa shape index (κ1) is 15.3. The molecule has 1 aliphatic rings. The van der Waals surface area contributed by atoms with Crippen LogP contribution in [0.4, 0.5) is 0 Å². The lowest BCUT2D eigenvalue weighted by Crippen LogP contribution is -2.56. The normalized spacial score (nSPS) is 23.0. The standard InChI is InChI=1S/C21H27N/c1-3-19-16-22(17(2)20-12-8-5-9-13-20)21(19)15-14-18-10-6-4-7-11-18/h4-13,17,19,21H,3,14-16H2,1-2H3. The van der Waals surface area contributed by atoms with E-state index >= 15 is 0 Å². The molecule has 0 bridgehead atoms. The molecule has 2 aromatic carbocycles. The van der Waals surface area contributed by atoms with Gasteiger partial charge in [-0.2, -0.15) is 0 Å². The second kappa shape index (κ2) is 7.11. The van der Waals surface area contributed by atoms with Gasteiger partial charge in [-0.15, -0.1) is 0 Å². The monoisotopic (exact) mass is 293 g/mol. The molecule has 0 aromatic heterocycles. The number of nitrogens with zero attached hydrogens (tertiary/aromatic N) is 1. The number of hydrogen-bond donors (Lipinski definition) is 0. The van der Waals surface area contributed by atoms with E-state index in [0.29, 0.717) is 6.04 Å². The van der Waals surface area contributed by atoms with Crippen LogP contribution in [-0.4, -0.2) is 17.5 Å². The van der Waals surface area contributed by atoms with Crippen molar-refractivity contribution in [2.24, 2.45) is 5.92 Å². The zero-order valence-corrected chi connectivity index (χ0v) is 13.8. The van der Waals surface area contributed by atoms with Crippen molar-refractivity contribution in [3.05, 3.63) is 71.8 Å². The quantitative estimate of drug-likeness (QED) is 0.717. The molecule has 0 aliphatic carbocycles. The number of hydrogen-bond acceptors (Lipinski definition) is 1. The Morgan fingerprint density at radius 1 is 1.00 bits per heavy atom. The molecule has 1 nitrogen and oxygen atoms in total. The van der Waals surface area contributed by atoms with E-state index in [1.165, 1.54) is 36.9 Å². The van der Waals surface area contributed by atoms with E-state index in [1.54, 1.807) is 0 Å². The lowest BCUT2D eigenvalue weighted by molar-refractivity contribution is -0.0246. The predicted molar refractivity (Wildman–Crippen MR) is 93.9 cm³/mol. The summed E-state index contributed by atoms with van der Waals surface area (Å²) < 4.78 is 0. The molecule has 0 saturated carbocycles. The first-order valence-electron chi connectivity index (χ1n) is 8.64. The Bertz CT molecular complexity index is 563. The van der Waals surface area contributed by atoms with Crippen molar-refractivity contribution in [2.75, 3.05) is 6.54 Å². The van der Waals surface area contributed by atoms with Crippen LogP contribution >= 0.6 is 0 Å². The van der Waals surface area contributed by atoms with Crippen molar-refractivity contribution >= 4 is 0 Å². The highest BCUT2D eigenvalue weighted by Gasteiger charge is 2.39. The van der Waals surface area contributed by atoms with E-state index in [0.717, 1.165) is 12.0 Å². The Morgan fingerprint density at radius 2 is 1.64 bits per heavy atom. The van der Waals surface area contributed by atoms with E-state index in [9.17, 15) is 0 Å². The molecule has 0 amide bonds. The van der Waals surface area contributed by atoms with E-state index in [-0.39, 0.29) is 0 Å². The Balaban J connectivity index is 1.64. The second-order valence-electron chi connectivity index (χ2n) is 6.54. The summed E-state index contributed by atoms with van der Waals surface area (Å²) in [6.45, 7) is 5.95. The van der Waals surface area contributed by atoms with Gasteiger partial charge in [0.05, 0.1) is 0 Å². The van der Waals surface area contributed by atoms with Crippen LogP contribution < -0.4 is 0 Å². The van der Waals surface area contributed by atoms with Crippen molar-refractivity contribution in [3.63, 3.8) is 0 Å². The number of benzene rings is 2. The van der Waals surface area contributed by atoms with Crippen molar-refractivity contribution < 1.29 is 0 Å². The zero-order chi connectivity index (χ0) is 15.4. The van der Waals surface area contributed by atoms with Gasteiger partial charge in [0, 0.05) is 18.6 Å². The van der Waals surface area contributed by atoms with Crippen LogP contribution in [0.3, 0.4) is 0 Å². The second-order valence-corrected chi connectivity index (χ2v) is 6.54. The van der Waals surface area contributed by atoms with Gasteiger partial charge < -0.3 is 0 Å². The maximum absolute atomic E-state index is 2.70. The smallest absolute Gasteiger partial charge is 0.0323 e. The number of likely N-dealkylation sites (tertiary alicyclic amines) is 1. The fourth-order valence-corrected chi connectivity index (χ4v) is 3.79. The van der Waals surface area contributed by atoms with Crippen molar-refractivity contribution in [2.45, 2.75) is 45.2 Å². The van der Waals surface area contributed by atoms with Crippen molar-refractivity contribution in [3.8, 4) is 0 Å². The molecule has 1 fully saturated rings. The lowest BCUT2D eigenvalue weighted by atomic mass is 9.80. The lowest BCUT2D eigenvalue weighted by Gasteiger charge is -2.51. The maximum atomic E-state index is 2.70. The maximum Gasteiger partial charge on any atom is 0.0323 e. The summed E-state index contributed by atoms with van der Waals surface area (Å²) in [5.41, 5.74) is 2.92. The molecule has 1 saturated heterocycles. The molecular weight excluding hydrogens is 266 g/mol. The summed E-state index contributed by atoms with van der Waals surface area (Å²) in [5, 5.41) is 0. The summed E-state index contributed by atoms with van der Waals surface area (Å²) in [6.07, 6.45) is 3.77. The van der Waals surface area contributed by atoms with E-state index in [2.05, 4.69) is 79.4 Å². The zero-order valence-electron chi connectivity index (χ0n) is 13.8. The highest BCUT2D eigenvalue weighted by Crippen LogP contribution is 2.38. The van der Waals surface area contributed by atoms with Gasteiger partial charge in [0.15, 0.2) is 0 Å². The molecule has 2 aromatic rings. The van der Waals surface area contributed by atoms with Crippen LogP contribution in [0.1, 0.15) is 43.9 Å². The van der Waals surface area contributed by atoms with E-state index in [4.69, 9.17) is 0 Å². The highest BCUT2D eigenvalue weighted by atomic mass is 15.2. The minimum atomic E-state index is 0.532. The van der Waals surface area contributed by atoms with Gasteiger partial charge >= 0.3 is 0 Å². The van der Waals surface area contributed by atoms with E-state index in [1.807, 2.05) is 0 Å². The summed E-state index contributed by atoms with van der Waals surface area (Å²) >= 11 is 0. The summed E-state index contributed by atoms with van der Waals surface area (Å²) in [4.78, 5) is 2.70. The van der Waals surface area contributed by atoms with Crippen LogP contribution in [-0.2, 0) is 6.42 Å². The molecule has 116 valence electrons. The number of rotatable bonds is 6. The molecule has 3 unspecified atom stereocenters. The Morgan fingerprint density at radius 3 is 2.27 bits per heavy atom. The molecule has 22 heavy (non-hydrogen) atoms. The van der Waals surface area contributed by atoms with Crippen LogP contribution in [0.5, 0.6) is 0 Å². The molecule has 0 spiro atoms. The SMILES string of the molecule is CCC1CN(C(C)c2ccccc2)C1CCc1ccccc1. The molecular formula is C21H27N. The summed E-state index contributed by atoms with van der Waals surface area (Å²) in [7, 11) is 0. The van der Waals surface area contributed by atoms with Gasteiger partial charge in [-0.3, -0.25) is 4.90 Å². The van der Waals surface area contributed by atoms with Gasteiger partial charge in [-0.1, -0.05) is 74.0 Å². The Hall–Kier alpha value is -1.60. The van der Waals surface area contributed by atoms with Gasteiger partial charge in [0.2, 0.25) is 0 Å². The van der Waals surface area contributed by atoms with Crippen molar-refractivity contribution in [1.29, 1.82) is 0 Å². The Kier molecular flexibility index (Phi) is 4.94. The van der Waals surface area contributed by atoms with Crippen LogP contribution in [0.25, 0.3) is 0 Å². The third-order valence-electron chi connectivity index (χ3n) is 5.29. The first-order valence-corrected chi connectivity index (χ1v) is 8.64. The van der Waals surface area contributed by atoms with Crippen LogP contribution in [0, 0.1) is 5.92 Å². The highest BCUT2D eigenvalue weighted by molar-refractivity contribution is 5.20. The fraction of sp³-hybridized carbons (Fsp3) is 0.429. The molecule has 1 aliphatic heterocycles. The average Bonchev–Trinajstić information content (AvgIpc) is 2.56. The van der Waals surface area contributed by atoms with Gasteiger partial charge in [-0.25, -0.2) is 0 Å². The Labute approximate surface area is 135 Å². The number of aryl methyl sites for hydroxylation is 1. The third-order valence-corrected chi connectivity index (χ3v) is 5.29. The minimum Gasteiger partial charge on any atom is -0.293 e. The minimum absolute atomic E-state index is 0.532. The van der Waals surface area contributed by atoms with Crippen LogP contribution in [0.15, 0.2) is 60.7 Å². The third kappa shape index (κ3) is 3.25. The molecule has 1 heteroatoms. The van der Waals surface area contributed by atoms with Gasteiger partial charge in [0.1, 0.15) is 0 Å². The van der Waals surface area contributed by atoms with Crippen LogP contribution in [0.2, 0.25) is 0 Å². The molecule has 0 N–H and O–H groups in total. The molecule has 3 rings (SSSR count). The molecule has 3 atom stereocenters. The fourth-order valence-electron chi connectivity index (χ4n) is 3.79. The summed E-state index contributed by atoms with van der Waals surface area (Å²) in [6, 6.07) is 23.1. The molecule has 1 heterocycles.